The van der Waals surface area contributed by atoms with Gasteiger partial charge >= 0.3 is 0 Å². The van der Waals surface area contributed by atoms with Crippen LogP contribution < -0.4 is 14.8 Å². The average Bonchev–Trinajstić information content (AvgIpc) is 3.10. The zero-order chi connectivity index (χ0) is 24.9. The van der Waals surface area contributed by atoms with Crippen molar-refractivity contribution in [2.75, 3.05) is 16.6 Å². The minimum Gasteiger partial charge on any atom is -0.490 e. The first-order chi connectivity index (χ1) is 16.1. The molecule has 0 unspecified atom stereocenters. The summed E-state index contributed by atoms with van der Waals surface area (Å²) < 4.78 is 38.2. The zero-order valence-corrected chi connectivity index (χ0v) is 21.3. The molecule has 0 bridgehead atoms. The Morgan fingerprint density at radius 2 is 1.74 bits per heavy atom. The number of nitrogens with one attached hydrogen (secondary N) is 2. The zero-order valence-electron chi connectivity index (χ0n) is 18.9. The summed E-state index contributed by atoms with van der Waals surface area (Å²) >= 11 is 12.5. The fourth-order valence-corrected chi connectivity index (χ4v) is 4.61. The smallest absolute Gasteiger partial charge is 0.264 e. The van der Waals surface area contributed by atoms with E-state index in [0.29, 0.717) is 29.3 Å². The second kappa shape index (κ2) is 11.1. The topological polar surface area (TPSA) is 111 Å². The molecule has 3 aromatic rings. The summed E-state index contributed by atoms with van der Waals surface area (Å²) in [5.74, 6) is -0.0560. The highest BCUT2D eigenvalue weighted by Gasteiger charge is 2.20. The minimum atomic E-state index is -3.89. The molecule has 1 heterocycles. The number of halogens is 2. The van der Waals surface area contributed by atoms with E-state index in [9.17, 15) is 13.2 Å². The molecule has 0 aliphatic heterocycles. The third kappa shape index (κ3) is 6.22. The Bertz CT molecular complexity index is 1250. The molecule has 8 nitrogen and oxygen atoms in total. The Morgan fingerprint density at radius 1 is 1.09 bits per heavy atom. The summed E-state index contributed by atoms with van der Waals surface area (Å²) in [6.07, 6.45) is 2.98. The van der Waals surface area contributed by atoms with Crippen molar-refractivity contribution in [3.63, 3.8) is 0 Å². The number of hydrogen-bond donors (Lipinski definition) is 2. The van der Waals surface area contributed by atoms with Gasteiger partial charge in [0.15, 0.2) is 5.75 Å². The van der Waals surface area contributed by atoms with Gasteiger partial charge < -0.3 is 14.6 Å². The summed E-state index contributed by atoms with van der Waals surface area (Å²) in [5.41, 5.74) is 1.82. The number of amides is 1. The maximum atomic E-state index is 12.7. The Morgan fingerprint density at radius 3 is 2.29 bits per heavy atom. The number of rotatable bonds is 10. The first-order valence-corrected chi connectivity index (χ1v) is 12.8. The Hall–Kier alpha value is -2.75. The SMILES string of the molecule is CCCCCOc1c(Cl)cc(C(=O)Nc2ccc(S(=O)(=O)Nc3onc(C)c3C)cc2)cc1Cl. The molecule has 2 N–H and O–H groups in total. The fourth-order valence-electron chi connectivity index (χ4n) is 2.97. The van der Waals surface area contributed by atoms with Gasteiger partial charge in [0.05, 0.1) is 27.2 Å². The number of carbonyl (C=O) groups is 1. The first kappa shape index (κ1) is 25.9. The van der Waals surface area contributed by atoms with Crippen LogP contribution in [0.25, 0.3) is 0 Å². The van der Waals surface area contributed by atoms with Gasteiger partial charge in [-0.05, 0) is 56.7 Å². The summed E-state index contributed by atoms with van der Waals surface area (Å²) in [6.45, 7) is 5.99. The molecule has 2 aromatic carbocycles. The largest absolute Gasteiger partial charge is 0.490 e. The van der Waals surface area contributed by atoms with Crippen LogP contribution in [0, 0.1) is 13.8 Å². The predicted molar refractivity (Wildman–Crippen MR) is 133 cm³/mol. The highest BCUT2D eigenvalue weighted by Crippen LogP contribution is 2.34. The number of hydrogen-bond acceptors (Lipinski definition) is 6. The van der Waals surface area contributed by atoms with Gasteiger partial charge in [-0.15, -0.1) is 0 Å². The van der Waals surface area contributed by atoms with Crippen LogP contribution in [-0.2, 0) is 10.0 Å². The third-order valence-corrected chi connectivity index (χ3v) is 6.97. The Balaban J connectivity index is 1.68. The van der Waals surface area contributed by atoms with E-state index in [0.717, 1.165) is 19.3 Å². The first-order valence-electron chi connectivity index (χ1n) is 10.6. The van der Waals surface area contributed by atoms with Crippen LogP contribution in [0.4, 0.5) is 11.6 Å². The van der Waals surface area contributed by atoms with E-state index in [1.807, 2.05) is 0 Å². The molecule has 11 heteroatoms. The molecule has 182 valence electrons. The number of benzene rings is 2. The van der Waals surface area contributed by atoms with Gasteiger partial charge in [-0.25, -0.2) is 13.1 Å². The van der Waals surface area contributed by atoms with Crippen molar-refractivity contribution in [1.82, 2.24) is 5.16 Å². The summed E-state index contributed by atoms with van der Waals surface area (Å²) in [7, 11) is -3.89. The molecule has 0 atom stereocenters. The van der Waals surface area contributed by atoms with Crippen LogP contribution in [-0.4, -0.2) is 26.1 Å². The number of aromatic nitrogens is 1. The molecule has 0 fully saturated rings. The number of sulfonamides is 1. The molecule has 0 aliphatic carbocycles. The van der Waals surface area contributed by atoms with E-state index in [1.165, 1.54) is 36.4 Å². The van der Waals surface area contributed by atoms with Crippen molar-refractivity contribution in [1.29, 1.82) is 0 Å². The van der Waals surface area contributed by atoms with Crippen molar-refractivity contribution in [3.8, 4) is 5.75 Å². The van der Waals surface area contributed by atoms with Crippen LogP contribution in [0.3, 0.4) is 0 Å². The summed E-state index contributed by atoms with van der Waals surface area (Å²) in [6, 6.07) is 8.62. The van der Waals surface area contributed by atoms with Gasteiger partial charge in [0.25, 0.3) is 15.9 Å². The number of aryl methyl sites for hydroxylation is 1. The van der Waals surface area contributed by atoms with Gasteiger partial charge in [0, 0.05) is 16.8 Å². The minimum absolute atomic E-state index is 0.00499. The van der Waals surface area contributed by atoms with Gasteiger partial charge in [0.2, 0.25) is 5.88 Å². The van der Waals surface area contributed by atoms with E-state index in [2.05, 4.69) is 22.1 Å². The lowest BCUT2D eigenvalue weighted by molar-refractivity contribution is 0.102. The van der Waals surface area contributed by atoms with Crippen molar-refractivity contribution in [2.45, 2.75) is 44.9 Å². The van der Waals surface area contributed by atoms with Crippen LogP contribution in [0.2, 0.25) is 10.0 Å². The fraction of sp³-hybridized carbons (Fsp3) is 0.304. The molecule has 0 spiro atoms. The molecule has 0 saturated carbocycles. The molecule has 0 aliphatic rings. The second-order valence-corrected chi connectivity index (χ2v) is 10.1. The van der Waals surface area contributed by atoms with Crippen molar-refractivity contribution in [3.05, 3.63) is 63.3 Å². The Labute approximate surface area is 208 Å². The van der Waals surface area contributed by atoms with Gasteiger partial charge in [-0.2, -0.15) is 0 Å². The number of ether oxygens (including phenoxy) is 1. The highest BCUT2D eigenvalue weighted by atomic mass is 35.5. The van der Waals surface area contributed by atoms with Crippen molar-refractivity contribution < 1.29 is 22.5 Å². The van der Waals surface area contributed by atoms with E-state index >= 15 is 0 Å². The third-order valence-electron chi connectivity index (χ3n) is 5.06. The molecule has 1 amide bonds. The van der Waals surface area contributed by atoms with Gasteiger partial charge in [-0.3, -0.25) is 4.79 Å². The average molecular weight is 526 g/mol. The number of unbranched alkanes of at least 4 members (excludes halogenated alkanes) is 2. The highest BCUT2D eigenvalue weighted by molar-refractivity contribution is 7.92. The van der Waals surface area contributed by atoms with Crippen molar-refractivity contribution in [2.24, 2.45) is 0 Å². The maximum absolute atomic E-state index is 12.7. The maximum Gasteiger partial charge on any atom is 0.264 e. The lowest BCUT2D eigenvalue weighted by Gasteiger charge is -2.12. The standard InChI is InChI=1S/C23H25Cl2N3O5S/c1-4-5-6-11-32-21-19(24)12-16(13-20(21)25)22(29)26-17-7-9-18(10-8-17)34(30,31)28-23-14(2)15(3)27-33-23/h7-10,12-13,28H,4-6,11H2,1-3H3,(H,26,29). The lowest BCUT2D eigenvalue weighted by Crippen LogP contribution is -2.14. The summed E-state index contributed by atoms with van der Waals surface area (Å²) in [5, 5.41) is 6.90. The van der Waals surface area contributed by atoms with E-state index < -0.39 is 15.9 Å². The molecule has 34 heavy (non-hydrogen) atoms. The predicted octanol–water partition coefficient (Wildman–Crippen LogP) is 6.22. The lowest BCUT2D eigenvalue weighted by atomic mass is 10.2. The van der Waals surface area contributed by atoms with Crippen LogP contribution in [0.1, 0.15) is 47.8 Å². The van der Waals surface area contributed by atoms with Gasteiger partial charge in [-0.1, -0.05) is 48.1 Å². The molecule has 1 aromatic heterocycles. The van der Waals surface area contributed by atoms with E-state index in [-0.39, 0.29) is 26.4 Å². The number of carbonyl (C=O) groups excluding carboxylic acids is 1. The molecular formula is C23H25Cl2N3O5S. The monoisotopic (exact) mass is 525 g/mol. The second-order valence-electron chi connectivity index (χ2n) is 7.63. The number of anilines is 2. The van der Waals surface area contributed by atoms with Crippen LogP contribution >= 0.6 is 23.2 Å². The van der Waals surface area contributed by atoms with Crippen LogP contribution in [0.5, 0.6) is 5.75 Å². The molecule has 0 radical (unpaired) electrons. The molecule has 0 saturated heterocycles. The molecule has 3 rings (SSSR count). The van der Waals surface area contributed by atoms with Crippen molar-refractivity contribution >= 4 is 50.7 Å². The molecular weight excluding hydrogens is 501 g/mol. The van der Waals surface area contributed by atoms with E-state index in [1.54, 1.807) is 13.8 Å². The normalized spacial score (nSPS) is 11.3. The van der Waals surface area contributed by atoms with E-state index in [4.69, 9.17) is 32.5 Å². The number of nitrogens with zero attached hydrogens (tertiary/aromatic N) is 1. The van der Waals surface area contributed by atoms with Crippen LogP contribution in [0.15, 0.2) is 45.8 Å². The van der Waals surface area contributed by atoms with Gasteiger partial charge in [0.1, 0.15) is 0 Å². The Kier molecular flexibility index (Phi) is 8.46. The summed E-state index contributed by atoms with van der Waals surface area (Å²) in [4.78, 5) is 12.7. The quantitative estimate of drug-likeness (QED) is 0.304.